The summed E-state index contributed by atoms with van der Waals surface area (Å²) in [5, 5.41) is 15.2. The number of nitriles is 1. The number of rotatable bonds is 10. The molecule has 1 aliphatic heterocycles. The van der Waals surface area contributed by atoms with Crippen LogP contribution in [0.5, 0.6) is 0 Å². The molecule has 1 aromatic carbocycles. The molecule has 0 N–H and O–H groups in total. The maximum absolute atomic E-state index is 9.61. The molecule has 4 rings (SSSR count). The van der Waals surface area contributed by atoms with Crippen LogP contribution in [0.15, 0.2) is 24.4 Å². The molecule has 7 nitrogen and oxygen atoms in total. The molecule has 0 bridgehead atoms. The van der Waals surface area contributed by atoms with Crippen molar-refractivity contribution in [1.29, 1.82) is 5.26 Å². The third kappa shape index (κ3) is 5.55. The average Bonchev–Trinajstić information content (AvgIpc) is 3.17. The van der Waals surface area contributed by atoms with Crippen LogP contribution in [0.25, 0.3) is 11.2 Å². The van der Waals surface area contributed by atoms with Gasteiger partial charge >= 0.3 is 0 Å². The van der Waals surface area contributed by atoms with Crippen LogP contribution in [0.3, 0.4) is 0 Å². The van der Waals surface area contributed by atoms with Gasteiger partial charge in [0, 0.05) is 29.2 Å². The van der Waals surface area contributed by atoms with Crippen LogP contribution in [0.2, 0.25) is 10.0 Å². The summed E-state index contributed by atoms with van der Waals surface area (Å²) in [5.74, 6) is 1.47. The number of aromatic nitrogens is 4. The molecular weight excluding hydrogens is 481 g/mol. The van der Waals surface area contributed by atoms with E-state index in [-0.39, 0.29) is 11.7 Å². The zero-order valence-corrected chi connectivity index (χ0v) is 22.4. The molecule has 0 spiro atoms. The summed E-state index contributed by atoms with van der Waals surface area (Å²) >= 11 is 12.5. The first-order chi connectivity index (χ1) is 16.8. The van der Waals surface area contributed by atoms with Crippen LogP contribution in [-0.4, -0.2) is 56.9 Å². The number of hydrogen-bond donors (Lipinski definition) is 0. The molecular formula is C26H33Cl2N7. The molecule has 9 heteroatoms. The number of nitrogens with zero attached hydrogens (tertiary/aromatic N) is 7. The second kappa shape index (κ2) is 11.1. The second-order valence-corrected chi connectivity index (χ2v) is 10.5. The van der Waals surface area contributed by atoms with Gasteiger partial charge in [0.25, 0.3) is 0 Å². The van der Waals surface area contributed by atoms with E-state index in [2.05, 4.69) is 46.7 Å². The molecule has 3 aromatic rings. The van der Waals surface area contributed by atoms with Crippen molar-refractivity contribution in [2.45, 2.75) is 59.0 Å². The van der Waals surface area contributed by atoms with Gasteiger partial charge in [-0.25, -0.2) is 14.6 Å². The number of unbranched alkanes of at least 4 members (excludes halogenated alkanes) is 1. The highest BCUT2D eigenvalue weighted by Crippen LogP contribution is 2.32. The summed E-state index contributed by atoms with van der Waals surface area (Å²) in [5.41, 5.74) is 2.22. The molecule has 1 fully saturated rings. The third-order valence-corrected chi connectivity index (χ3v) is 7.47. The maximum Gasteiger partial charge on any atom is 0.190 e. The van der Waals surface area contributed by atoms with E-state index >= 15 is 0 Å². The number of anilines is 1. The summed E-state index contributed by atoms with van der Waals surface area (Å²) in [7, 11) is 0. The molecule has 186 valence electrons. The van der Waals surface area contributed by atoms with Crippen LogP contribution in [0.1, 0.15) is 64.3 Å². The van der Waals surface area contributed by atoms with Gasteiger partial charge in [-0.3, -0.25) is 0 Å². The van der Waals surface area contributed by atoms with Gasteiger partial charge in [-0.2, -0.15) is 10.4 Å². The minimum absolute atomic E-state index is 0.233. The van der Waals surface area contributed by atoms with Crippen molar-refractivity contribution < 1.29 is 0 Å². The van der Waals surface area contributed by atoms with Crippen molar-refractivity contribution in [3.05, 3.63) is 45.7 Å². The third-order valence-electron chi connectivity index (χ3n) is 6.91. The van der Waals surface area contributed by atoms with Crippen molar-refractivity contribution in [3.8, 4) is 6.07 Å². The molecule has 3 heterocycles. The normalized spacial score (nSPS) is 15.1. The van der Waals surface area contributed by atoms with E-state index in [9.17, 15) is 5.26 Å². The summed E-state index contributed by atoms with van der Waals surface area (Å²) in [6, 6.07) is 7.89. The fourth-order valence-electron chi connectivity index (χ4n) is 4.65. The lowest BCUT2D eigenvalue weighted by molar-refractivity contribution is 0.194. The zero-order valence-electron chi connectivity index (χ0n) is 20.9. The lowest BCUT2D eigenvalue weighted by Gasteiger charge is -2.41. The lowest BCUT2D eigenvalue weighted by atomic mass is 9.96. The van der Waals surface area contributed by atoms with E-state index in [1.54, 1.807) is 23.0 Å². The fraction of sp³-hybridized carbons (Fsp3) is 0.538. The predicted octanol–water partition coefficient (Wildman–Crippen LogP) is 5.95. The molecule has 0 aliphatic carbocycles. The second-order valence-electron chi connectivity index (χ2n) is 9.69. The molecule has 1 unspecified atom stereocenters. The van der Waals surface area contributed by atoms with E-state index in [0.717, 1.165) is 31.0 Å². The van der Waals surface area contributed by atoms with E-state index < -0.39 is 0 Å². The Hall–Kier alpha value is -2.40. The highest BCUT2D eigenvalue weighted by Gasteiger charge is 2.30. The van der Waals surface area contributed by atoms with Crippen LogP contribution in [-0.2, 0) is 0 Å². The minimum Gasteiger partial charge on any atom is -0.355 e. The number of fused-ring (bicyclic) bond motifs is 1. The molecule has 35 heavy (non-hydrogen) atoms. The average molecular weight is 515 g/mol. The van der Waals surface area contributed by atoms with Crippen molar-refractivity contribution in [1.82, 2.24) is 24.6 Å². The molecule has 0 amide bonds. The highest BCUT2D eigenvalue weighted by molar-refractivity contribution is 6.35. The van der Waals surface area contributed by atoms with Gasteiger partial charge in [0.05, 0.1) is 12.2 Å². The van der Waals surface area contributed by atoms with Gasteiger partial charge in [0.15, 0.2) is 11.3 Å². The van der Waals surface area contributed by atoms with Gasteiger partial charge in [0.2, 0.25) is 0 Å². The summed E-state index contributed by atoms with van der Waals surface area (Å²) in [6.45, 7) is 13.0. The largest absolute Gasteiger partial charge is 0.355 e. The quantitative estimate of drug-likeness (QED) is 0.333. The van der Waals surface area contributed by atoms with Crippen molar-refractivity contribution in [3.63, 3.8) is 0 Å². The Morgan fingerprint density at radius 1 is 1.20 bits per heavy atom. The van der Waals surface area contributed by atoms with Gasteiger partial charge in [-0.1, -0.05) is 42.6 Å². The summed E-state index contributed by atoms with van der Waals surface area (Å²) in [4.78, 5) is 14.3. The Kier molecular flexibility index (Phi) is 8.16. The fourth-order valence-corrected chi connectivity index (χ4v) is 5.21. The maximum atomic E-state index is 9.61. The number of halogens is 2. The minimum atomic E-state index is -0.233. The standard InChI is InChI=1S/C26H33Cl2N7/c1-5-6-10-33(17(2)3)11-9-19-15-34(16-19)24-14-30-25-23(13-29)32-35(26(25)31-24)18(4)21-8-7-20(27)12-22(21)28/h7-8,12,14,17-19H,5-6,9-11,15-16H2,1-4H3. The number of hydrogen-bond acceptors (Lipinski definition) is 6. The molecule has 0 saturated carbocycles. The van der Waals surface area contributed by atoms with Crippen molar-refractivity contribution in [2.75, 3.05) is 31.1 Å². The predicted molar refractivity (Wildman–Crippen MR) is 142 cm³/mol. The van der Waals surface area contributed by atoms with Gasteiger partial charge in [0.1, 0.15) is 17.4 Å². The Morgan fingerprint density at radius 3 is 2.63 bits per heavy atom. The smallest absolute Gasteiger partial charge is 0.190 e. The topological polar surface area (TPSA) is 73.9 Å². The van der Waals surface area contributed by atoms with E-state index in [1.807, 2.05) is 13.0 Å². The Bertz CT molecular complexity index is 1210. The van der Waals surface area contributed by atoms with E-state index in [0.29, 0.717) is 33.2 Å². The van der Waals surface area contributed by atoms with Gasteiger partial charge in [-0.15, -0.1) is 0 Å². The highest BCUT2D eigenvalue weighted by atomic mass is 35.5. The lowest BCUT2D eigenvalue weighted by Crippen LogP contribution is -2.48. The first-order valence-corrected chi connectivity index (χ1v) is 13.2. The van der Waals surface area contributed by atoms with Gasteiger partial charge in [-0.05, 0) is 70.3 Å². The van der Waals surface area contributed by atoms with E-state index in [4.69, 9.17) is 28.2 Å². The molecule has 2 aromatic heterocycles. The van der Waals surface area contributed by atoms with Crippen LogP contribution in [0, 0.1) is 17.2 Å². The van der Waals surface area contributed by atoms with Crippen molar-refractivity contribution >= 4 is 40.2 Å². The Balaban J connectivity index is 1.50. The van der Waals surface area contributed by atoms with Crippen LogP contribution >= 0.6 is 23.2 Å². The van der Waals surface area contributed by atoms with Crippen LogP contribution in [0.4, 0.5) is 5.82 Å². The molecule has 1 atom stereocenters. The van der Waals surface area contributed by atoms with Crippen molar-refractivity contribution in [2.24, 2.45) is 5.92 Å². The summed E-state index contributed by atoms with van der Waals surface area (Å²) in [6.07, 6.45) is 5.43. The van der Waals surface area contributed by atoms with Gasteiger partial charge < -0.3 is 9.80 Å². The Labute approximate surface area is 217 Å². The zero-order chi connectivity index (χ0) is 25.1. The summed E-state index contributed by atoms with van der Waals surface area (Å²) < 4.78 is 1.74. The number of benzene rings is 1. The Morgan fingerprint density at radius 2 is 1.97 bits per heavy atom. The van der Waals surface area contributed by atoms with E-state index in [1.165, 1.54) is 25.8 Å². The molecule has 1 saturated heterocycles. The van der Waals surface area contributed by atoms with Crippen LogP contribution < -0.4 is 4.90 Å². The molecule has 0 radical (unpaired) electrons. The monoisotopic (exact) mass is 513 g/mol. The first kappa shape index (κ1) is 25.7. The first-order valence-electron chi connectivity index (χ1n) is 12.4. The molecule has 1 aliphatic rings. The SMILES string of the molecule is CCCCN(CCC1CN(c2cnc3c(C#N)nn(C(C)c4ccc(Cl)cc4Cl)c3n2)C1)C(C)C.